The van der Waals surface area contributed by atoms with E-state index in [-0.39, 0.29) is 0 Å². The normalized spacial score (nSPS) is 27.1. The number of piperazine rings is 1. The minimum atomic E-state index is -3.91. The van der Waals surface area contributed by atoms with Gasteiger partial charge in [-0.1, -0.05) is 37.5 Å². The van der Waals surface area contributed by atoms with Gasteiger partial charge in [-0.25, -0.2) is 4.72 Å². The Labute approximate surface area is 236 Å². The Morgan fingerprint density at radius 1 is 0.875 bits per heavy atom. The molecule has 1 aliphatic carbocycles. The molecule has 5 heterocycles. The molecule has 1 amide bonds. The predicted octanol–water partition coefficient (Wildman–Crippen LogP) is 4.75. The average molecular weight is 563 g/mol. The largest absolute Gasteiger partial charge is 0.493 e. The summed E-state index contributed by atoms with van der Waals surface area (Å²) < 4.78 is 39.0. The number of nitrogens with one attached hydrogen (secondary N) is 1. The number of para-hydroxylation sites is 1. The van der Waals surface area contributed by atoms with Crippen LogP contribution in [-0.4, -0.2) is 67.4 Å². The van der Waals surface area contributed by atoms with Crippen molar-refractivity contribution in [1.29, 1.82) is 0 Å². The second-order valence-electron chi connectivity index (χ2n) is 11.9. The van der Waals surface area contributed by atoms with Gasteiger partial charge in [0.15, 0.2) is 0 Å². The van der Waals surface area contributed by atoms with Crippen molar-refractivity contribution < 1.29 is 17.9 Å². The van der Waals surface area contributed by atoms with Crippen LogP contribution in [0, 0.1) is 5.92 Å². The van der Waals surface area contributed by atoms with E-state index in [4.69, 9.17) is 4.74 Å². The first kappa shape index (κ1) is 26.0. The molecule has 40 heavy (non-hydrogen) atoms. The van der Waals surface area contributed by atoms with Crippen LogP contribution in [0.25, 0.3) is 22.2 Å². The summed E-state index contributed by atoms with van der Waals surface area (Å²) >= 11 is 0. The number of hydrogen-bond acceptors (Lipinski definition) is 5. The fraction of sp³-hybridized carbons (Fsp3) is 0.516. The summed E-state index contributed by atoms with van der Waals surface area (Å²) in [4.78, 5) is 15.7. The van der Waals surface area contributed by atoms with Crippen molar-refractivity contribution in [2.45, 2.75) is 57.4 Å². The van der Waals surface area contributed by atoms with Crippen LogP contribution in [0.15, 0.2) is 42.5 Å². The Hall–Kier alpha value is -2.88. The van der Waals surface area contributed by atoms with Crippen LogP contribution in [0.4, 0.5) is 0 Å². The smallest absolute Gasteiger partial charge is 0.304 e. The number of rotatable bonds is 1. The SMILES string of the molecule is O=C1NS(=O)(=O)N2CCN(CCCC3COc4ccccc4-c4c(C5CCCCC5)c5ccc1cc5n4C3)CC2. The number of carbonyl (C=O) groups excluding carboxylic acids is 1. The first-order valence-electron chi connectivity index (χ1n) is 14.9. The minimum absolute atomic E-state index is 0.328. The lowest BCUT2D eigenvalue weighted by molar-refractivity contribution is 0.0977. The van der Waals surface area contributed by atoms with Crippen molar-refractivity contribution in [3.63, 3.8) is 0 Å². The Kier molecular flexibility index (Phi) is 6.84. The molecular weight excluding hydrogens is 524 g/mol. The van der Waals surface area contributed by atoms with Gasteiger partial charge in [-0.15, -0.1) is 0 Å². The third-order valence-electron chi connectivity index (χ3n) is 9.42. The topological polar surface area (TPSA) is 83.9 Å². The molecule has 2 fully saturated rings. The van der Waals surface area contributed by atoms with Crippen LogP contribution in [0.1, 0.15) is 66.8 Å². The maximum atomic E-state index is 13.4. The van der Waals surface area contributed by atoms with E-state index in [9.17, 15) is 13.2 Å². The zero-order valence-electron chi connectivity index (χ0n) is 23.0. The van der Waals surface area contributed by atoms with Crippen molar-refractivity contribution in [2.24, 2.45) is 5.92 Å². The van der Waals surface area contributed by atoms with Crippen molar-refractivity contribution in [1.82, 2.24) is 18.5 Å². The van der Waals surface area contributed by atoms with E-state index in [1.165, 1.54) is 40.2 Å². The summed E-state index contributed by atoms with van der Waals surface area (Å²) in [6.07, 6.45) is 8.10. The molecule has 4 aliphatic heterocycles. The van der Waals surface area contributed by atoms with Gasteiger partial charge in [-0.05, 0) is 68.0 Å². The van der Waals surface area contributed by atoms with Crippen molar-refractivity contribution in [3.05, 3.63) is 53.6 Å². The molecule has 1 atom stereocenters. The highest BCUT2D eigenvalue weighted by Gasteiger charge is 2.33. The van der Waals surface area contributed by atoms with Gasteiger partial charge in [-0.3, -0.25) is 4.79 Å². The molecule has 5 aliphatic rings. The number of nitrogens with zero attached hydrogens (tertiary/aromatic N) is 3. The summed E-state index contributed by atoms with van der Waals surface area (Å²) in [6, 6.07) is 14.1. The van der Waals surface area contributed by atoms with E-state index in [0.29, 0.717) is 50.2 Å². The van der Waals surface area contributed by atoms with E-state index >= 15 is 0 Å². The van der Waals surface area contributed by atoms with E-state index in [1.807, 2.05) is 12.1 Å². The lowest BCUT2D eigenvalue weighted by atomic mass is 9.81. The van der Waals surface area contributed by atoms with Crippen LogP contribution in [0.2, 0.25) is 0 Å². The van der Waals surface area contributed by atoms with Gasteiger partial charge < -0.3 is 14.2 Å². The minimum Gasteiger partial charge on any atom is -0.493 e. The first-order chi connectivity index (χ1) is 19.5. The van der Waals surface area contributed by atoms with Crippen LogP contribution in [-0.2, 0) is 16.8 Å². The van der Waals surface area contributed by atoms with Crippen LogP contribution in [0.5, 0.6) is 5.75 Å². The molecule has 2 aromatic carbocycles. The Balaban J connectivity index is 1.42. The average Bonchev–Trinajstić information content (AvgIpc) is 3.27. The van der Waals surface area contributed by atoms with Crippen LogP contribution < -0.4 is 9.46 Å². The van der Waals surface area contributed by atoms with E-state index in [2.05, 4.69) is 38.5 Å². The first-order valence-corrected chi connectivity index (χ1v) is 16.3. The summed E-state index contributed by atoms with van der Waals surface area (Å²) in [5, 5.41) is 1.17. The van der Waals surface area contributed by atoms with E-state index in [0.717, 1.165) is 55.6 Å². The molecule has 212 valence electrons. The predicted molar refractivity (Wildman–Crippen MR) is 156 cm³/mol. The second-order valence-corrected chi connectivity index (χ2v) is 13.6. The van der Waals surface area contributed by atoms with Crippen LogP contribution in [0.3, 0.4) is 0 Å². The highest BCUT2D eigenvalue weighted by molar-refractivity contribution is 7.87. The quantitative estimate of drug-likeness (QED) is 0.463. The number of hydrogen-bond donors (Lipinski definition) is 1. The van der Waals surface area contributed by atoms with Crippen molar-refractivity contribution >= 4 is 27.0 Å². The third-order valence-corrected chi connectivity index (χ3v) is 10.9. The molecule has 0 radical (unpaired) electrons. The summed E-state index contributed by atoms with van der Waals surface area (Å²) in [5.74, 6) is 1.12. The van der Waals surface area contributed by atoms with Crippen molar-refractivity contribution in [2.75, 3.05) is 39.3 Å². The van der Waals surface area contributed by atoms with Gasteiger partial charge in [-0.2, -0.15) is 12.7 Å². The zero-order valence-corrected chi connectivity index (χ0v) is 23.8. The second kappa shape index (κ2) is 10.5. The van der Waals surface area contributed by atoms with Gasteiger partial charge in [0.25, 0.3) is 5.91 Å². The van der Waals surface area contributed by atoms with Gasteiger partial charge in [0, 0.05) is 60.7 Å². The third kappa shape index (κ3) is 4.72. The molecule has 1 aromatic heterocycles. The summed E-state index contributed by atoms with van der Waals surface area (Å²) in [6.45, 7) is 4.53. The number of ether oxygens (including phenoxy) is 1. The number of benzene rings is 2. The van der Waals surface area contributed by atoms with Gasteiger partial charge in [0.1, 0.15) is 5.75 Å². The summed E-state index contributed by atoms with van der Waals surface area (Å²) in [5.41, 5.74) is 5.07. The Bertz CT molecular complexity index is 1530. The molecule has 9 heteroatoms. The number of amides is 1. The van der Waals surface area contributed by atoms with E-state index < -0.39 is 16.1 Å². The lowest BCUT2D eigenvalue weighted by Crippen LogP contribution is -2.53. The number of carbonyl (C=O) groups is 1. The molecule has 6 bridgehead atoms. The molecule has 8 rings (SSSR count). The van der Waals surface area contributed by atoms with E-state index in [1.54, 1.807) is 6.07 Å². The molecule has 3 aromatic rings. The Morgan fingerprint density at radius 2 is 1.68 bits per heavy atom. The highest BCUT2D eigenvalue weighted by Crippen LogP contribution is 2.47. The lowest BCUT2D eigenvalue weighted by Gasteiger charge is -2.34. The zero-order chi connectivity index (χ0) is 27.3. The monoisotopic (exact) mass is 562 g/mol. The standard InChI is InChI=1S/C31H38N4O4S/c36-31-24-12-13-25-27(19-24)35-20-22(7-6-14-33-15-17-34(18-16-33)40(37,38)32-31)21-39-28-11-5-4-10-26(28)30(35)29(25)23-8-2-1-3-9-23/h4-5,10-13,19,22-23H,1-3,6-9,14-18,20-21H2,(H,32,36). The number of aromatic nitrogens is 1. The van der Waals surface area contributed by atoms with Crippen molar-refractivity contribution in [3.8, 4) is 17.0 Å². The molecule has 1 saturated heterocycles. The fourth-order valence-corrected chi connectivity index (χ4v) is 8.45. The summed E-state index contributed by atoms with van der Waals surface area (Å²) in [7, 11) is -3.91. The molecule has 0 spiro atoms. The Morgan fingerprint density at radius 3 is 2.50 bits per heavy atom. The fourth-order valence-electron chi connectivity index (χ4n) is 7.32. The maximum absolute atomic E-state index is 13.4. The van der Waals surface area contributed by atoms with Crippen LogP contribution >= 0.6 is 0 Å². The molecule has 1 N–H and O–H groups in total. The van der Waals surface area contributed by atoms with Gasteiger partial charge in [0.2, 0.25) is 0 Å². The maximum Gasteiger partial charge on any atom is 0.304 e. The number of fused-ring (bicyclic) bond motifs is 8. The van der Waals surface area contributed by atoms with Gasteiger partial charge in [0.05, 0.1) is 12.3 Å². The molecule has 1 unspecified atom stereocenters. The molecular formula is C31H38N4O4S. The molecule has 1 saturated carbocycles. The highest BCUT2D eigenvalue weighted by atomic mass is 32.2. The van der Waals surface area contributed by atoms with Gasteiger partial charge >= 0.3 is 10.2 Å². The molecule has 8 nitrogen and oxygen atoms in total.